The summed E-state index contributed by atoms with van der Waals surface area (Å²) in [6.45, 7) is 0. The number of carbonyl (C=O) groups is 1. The van der Waals surface area contributed by atoms with Crippen LogP contribution in [0.15, 0.2) is 22.7 Å². The van der Waals surface area contributed by atoms with Crippen molar-refractivity contribution in [2.75, 3.05) is 5.32 Å². The van der Waals surface area contributed by atoms with Gasteiger partial charge in [-0.3, -0.25) is 4.79 Å². The molecule has 0 atom stereocenters. The van der Waals surface area contributed by atoms with Crippen LogP contribution in [-0.4, -0.2) is 12.3 Å². The molecular weight excluding hydrogens is 315 g/mol. The number of benzene rings is 1. The van der Waals surface area contributed by atoms with Crippen LogP contribution in [0.25, 0.3) is 0 Å². The predicted octanol–water partition coefficient (Wildman–Crippen LogP) is 3.70. The first-order valence-electron chi connectivity index (χ1n) is 5.21. The van der Waals surface area contributed by atoms with Crippen molar-refractivity contribution in [2.24, 2.45) is 5.92 Å². The van der Waals surface area contributed by atoms with E-state index in [-0.39, 0.29) is 17.5 Å². The van der Waals surface area contributed by atoms with E-state index < -0.39 is 12.1 Å². The fourth-order valence-electron chi connectivity index (χ4n) is 1.39. The highest BCUT2D eigenvalue weighted by Gasteiger charge is 2.34. The minimum Gasteiger partial charge on any atom is -0.404 e. The molecule has 2 rings (SSSR count). The van der Waals surface area contributed by atoms with E-state index in [0.717, 1.165) is 18.9 Å². The van der Waals surface area contributed by atoms with Gasteiger partial charge in [0.15, 0.2) is 5.75 Å². The van der Waals surface area contributed by atoms with Gasteiger partial charge in [0, 0.05) is 10.4 Å². The van der Waals surface area contributed by atoms with Crippen LogP contribution in [0.3, 0.4) is 0 Å². The number of hydrogen-bond acceptors (Lipinski definition) is 2. The Morgan fingerprint density at radius 3 is 2.61 bits per heavy atom. The Morgan fingerprint density at radius 1 is 1.39 bits per heavy atom. The molecule has 1 amide bonds. The van der Waals surface area contributed by atoms with Gasteiger partial charge in [-0.15, -0.1) is 13.2 Å². The number of amides is 1. The number of hydrogen-bond donors (Lipinski definition) is 1. The number of rotatable bonds is 3. The molecule has 1 saturated carbocycles. The van der Waals surface area contributed by atoms with E-state index in [1.165, 1.54) is 12.1 Å². The van der Waals surface area contributed by atoms with Gasteiger partial charge in [-0.25, -0.2) is 0 Å². The van der Waals surface area contributed by atoms with Crippen molar-refractivity contribution in [1.82, 2.24) is 0 Å². The monoisotopic (exact) mass is 323 g/mol. The van der Waals surface area contributed by atoms with Gasteiger partial charge >= 0.3 is 6.36 Å². The normalized spacial score (nSPS) is 15.3. The Bertz CT molecular complexity index is 472. The van der Waals surface area contributed by atoms with Crippen LogP contribution in [-0.2, 0) is 4.79 Å². The van der Waals surface area contributed by atoms with E-state index in [0.29, 0.717) is 4.47 Å². The van der Waals surface area contributed by atoms with Gasteiger partial charge in [-0.05, 0) is 31.0 Å². The second-order valence-electron chi connectivity index (χ2n) is 3.95. The van der Waals surface area contributed by atoms with Gasteiger partial charge in [-0.2, -0.15) is 0 Å². The van der Waals surface area contributed by atoms with E-state index in [1.54, 1.807) is 0 Å². The molecule has 0 aromatic heterocycles. The zero-order chi connectivity index (χ0) is 13.3. The minimum absolute atomic E-state index is 0.0208. The third-order valence-electron chi connectivity index (χ3n) is 2.38. The molecule has 1 aliphatic rings. The summed E-state index contributed by atoms with van der Waals surface area (Å²) in [6.07, 6.45) is -3.24. The van der Waals surface area contributed by atoms with Crippen LogP contribution >= 0.6 is 15.9 Å². The van der Waals surface area contributed by atoms with Gasteiger partial charge in [0.1, 0.15) is 0 Å². The second-order valence-corrected chi connectivity index (χ2v) is 4.87. The summed E-state index contributed by atoms with van der Waals surface area (Å²) in [5, 5.41) is 2.44. The highest BCUT2D eigenvalue weighted by atomic mass is 79.9. The lowest BCUT2D eigenvalue weighted by Crippen LogP contribution is -2.20. The first-order chi connectivity index (χ1) is 8.35. The summed E-state index contributed by atoms with van der Waals surface area (Å²) in [6, 6.07) is 4.06. The van der Waals surface area contributed by atoms with Crippen molar-refractivity contribution in [3.8, 4) is 5.75 Å². The molecule has 0 heterocycles. The largest absolute Gasteiger partial charge is 0.573 e. The molecule has 0 unspecified atom stereocenters. The van der Waals surface area contributed by atoms with Crippen molar-refractivity contribution in [3.05, 3.63) is 22.7 Å². The van der Waals surface area contributed by atoms with E-state index in [9.17, 15) is 18.0 Å². The van der Waals surface area contributed by atoms with Gasteiger partial charge < -0.3 is 10.1 Å². The summed E-state index contributed by atoms with van der Waals surface area (Å²) < 4.78 is 40.9. The molecule has 1 aromatic rings. The molecule has 18 heavy (non-hydrogen) atoms. The standard InChI is InChI=1S/C11H9BrF3NO2/c12-7-3-4-8(16-10(17)6-1-2-6)9(5-7)18-11(13,14)15/h3-6H,1-2H2,(H,16,17). The van der Waals surface area contributed by atoms with Crippen molar-refractivity contribution < 1.29 is 22.7 Å². The molecule has 98 valence electrons. The lowest BCUT2D eigenvalue weighted by Gasteiger charge is -2.14. The molecule has 0 spiro atoms. The minimum atomic E-state index is -4.79. The highest BCUT2D eigenvalue weighted by molar-refractivity contribution is 9.10. The van der Waals surface area contributed by atoms with E-state index in [2.05, 4.69) is 26.0 Å². The molecule has 0 aliphatic heterocycles. The molecule has 7 heteroatoms. The highest BCUT2D eigenvalue weighted by Crippen LogP contribution is 2.35. The first kappa shape index (κ1) is 13.2. The Kier molecular flexibility index (Phi) is 3.52. The maximum atomic E-state index is 12.2. The van der Waals surface area contributed by atoms with Crippen LogP contribution in [0, 0.1) is 5.92 Å². The molecule has 3 nitrogen and oxygen atoms in total. The van der Waals surface area contributed by atoms with Gasteiger partial charge in [0.25, 0.3) is 0 Å². The molecule has 1 aliphatic carbocycles. The molecule has 1 fully saturated rings. The van der Waals surface area contributed by atoms with Crippen LogP contribution in [0.4, 0.5) is 18.9 Å². The van der Waals surface area contributed by atoms with Crippen molar-refractivity contribution >= 4 is 27.5 Å². The zero-order valence-electron chi connectivity index (χ0n) is 9.05. The zero-order valence-corrected chi connectivity index (χ0v) is 10.6. The molecule has 0 bridgehead atoms. The average Bonchev–Trinajstić information content (AvgIpc) is 3.03. The smallest absolute Gasteiger partial charge is 0.404 e. The summed E-state index contributed by atoms with van der Waals surface area (Å²) in [4.78, 5) is 11.5. The van der Waals surface area contributed by atoms with Gasteiger partial charge in [0.05, 0.1) is 5.69 Å². The van der Waals surface area contributed by atoms with E-state index in [1.807, 2.05) is 0 Å². The summed E-state index contributed by atoms with van der Waals surface area (Å²) in [7, 11) is 0. The third kappa shape index (κ3) is 3.63. The summed E-state index contributed by atoms with van der Waals surface area (Å²) in [5.41, 5.74) is 0.0208. The molecule has 0 radical (unpaired) electrons. The summed E-state index contributed by atoms with van der Waals surface area (Å²) >= 11 is 3.05. The number of anilines is 1. The Balaban J connectivity index is 2.19. The lowest BCUT2D eigenvalue weighted by atomic mass is 10.2. The lowest BCUT2D eigenvalue weighted by molar-refractivity contribution is -0.274. The summed E-state index contributed by atoms with van der Waals surface area (Å²) in [5.74, 6) is -0.789. The maximum absolute atomic E-state index is 12.2. The quantitative estimate of drug-likeness (QED) is 0.921. The fraction of sp³-hybridized carbons (Fsp3) is 0.364. The second kappa shape index (κ2) is 4.79. The topological polar surface area (TPSA) is 38.3 Å². The van der Waals surface area contributed by atoms with Crippen LogP contribution in [0.5, 0.6) is 5.75 Å². The number of carbonyl (C=O) groups excluding carboxylic acids is 1. The SMILES string of the molecule is O=C(Nc1ccc(Br)cc1OC(F)(F)F)C1CC1. The Morgan fingerprint density at radius 2 is 2.06 bits per heavy atom. The number of nitrogens with one attached hydrogen (secondary N) is 1. The van der Waals surface area contributed by atoms with E-state index in [4.69, 9.17) is 0 Å². The van der Waals surface area contributed by atoms with Crippen LogP contribution in [0.2, 0.25) is 0 Å². The molecule has 0 saturated heterocycles. The first-order valence-corrected chi connectivity index (χ1v) is 6.00. The number of halogens is 4. The van der Waals surface area contributed by atoms with E-state index >= 15 is 0 Å². The van der Waals surface area contributed by atoms with Crippen molar-refractivity contribution in [2.45, 2.75) is 19.2 Å². The van der Waals surface area contributed by atoms with Crippen LogP contribution in [0.1, 0.15) is 12.8 Å². The number of ether oxygens (including phenoxy) is 1. The van der Waals surface area contributed by atoms with Crippen molar-refractivity contribution in [1.29, 1.82) is 0 Å². The molecular formula is C11H9BrF3NO2. The Hall–Kier alpha value is -1.24. The molecule has 1 N–H and O–H groups in total. The fourth-order valence-corrected chi connectivity index (χ4v) is 1.73. The van der Waals surface area contributed by atoms with Gasteiger partial charge in [0.2, 0.25) is 5.91 Å². The maximum Gasteiger partial charge on any atom is 0.573 e. The molecule has 1 aromatic carbocycles. The predicted molar refractivity (Wildman–Crippen MR) is 62.2 cm³/mol. The third-order valence-corrected chi connectivity index (χ3v) is 2.87. The Labute approximate surface area is 109 Å². The van der Waals surface area contributed by atoms with Gasteiger partial charge in [-0.1, -0.05) is 15.9 Å². The van der Waals surface area contributed by atoms with Crippen molar-refractivity contribution in [3.63, 3.8) is 0 Å². The number of alkyl halides is 3. The van der Waals surface area contributed by atoms with Crippen LogP contribution < -0.4 is 10.1 Å². The average molecular weight is 324 g/mol.